The molecule has 2 aromatic heterocycles. The van der Waals surface area contributed by atoms with Gasteiger partial charge < -0.3 is 10.4 Å². The fraction of sp³-hybridized carbons (Fsp3) is 0.583. The molecule has 0 amide bonds. The van der Waals surface area contributed by atoms with E-state index in [1.54, 1.807) is 12.4 Å². The molecule has 7 heteroatoms. The van der Waals surface area contributed by atoms with Crippen LogP contribution in [0.25, 0.3) is 0 Å². The van der Waals surface area contributed by atoms with E-state index in [2.05, 4.69) is 32.3 Å². The minimum Gasteiger partial charge on any atom is -0.481 e. The van der Waals surface area contributed by atoms with Crippen LogP contribution in [-0.4, -0.2) is 50.6 Å². The summed E-state index contributed by atoms with van der Waals surface area (Å²) in [6.07, 6.45) is 10.7. The third kappa shape index (κ3) is 4.28. The van der Waals surface area contributed by atoms with E-state index in [1.165, 1.54) is 36.9 Å². The highest BCUT2D eigenvalue weighted by molar-refractivity contribution is 5.68. The number of anilines is 1. The number of hydrogen-bond acceptors (Lipinski definition) is 6. The minimum absolute atomic E-state index is 0.101. The first-order valence-electron chi connectivity index (χ1n) is 11.5. The number of carbonyl (C=O) groups is 1. The summed E-state index contributed by atoms with van der Waals surface area (Å²) in [5, 5.41) is 12.8. The molecule has 0 bridgehead atoms. The Morgan fingerprint density at radius 1 is 1.29 bits per heavy atom. The van der Waals surface area contributed by atoms with Gasteiger partial charge in [-0.3, -0.25) is 9.69 Å². The molecule has 3 aliphatic rings. The van der Waals surface area contributed by atoms with E-state index in [0.717, 1.165) is 49.8 Å². The molecule has 7 nitrogen and oxygen atoms in total. The minimum atomic E-state index is -0.773. The molecule has 2 aliphatic heterocycles. The van der Waals surface area contributed by atoms with Crippen LogP contribution in [0.5, 0.6) is 0 Å². The molecule has 2 fully saturated rings. The van der Waals surface area contributed by atoms with Crippen molar-refractivity contribution in [1.82, 2.24) is 19.9 Å². The number of rotatable bonds is 7. The lowest BCUT2D eigenvalue weighted by atomic mass is 9.56. The zero-order valence-electron chi connectivity index (χ0n) is 18.2. The second-order valence-corrected chi connectivity index (χ2v) is 9.74. The van der Waals surface area contributed by atoms with Crippen LogP contribution in [0.3, 0.4) is 0 Å². The Hall–Kier alpha value is -2.54. The molecule has 1 spiro atoms. The molecule has 1 aliphatic carbocycles. The van der Waals surface area contributed by atoms with Crippen molar-refractivity contribution in [2.24, 2.45) is 11.3 Å². The summed E-state index contributed by atoms with van der Waals surface area (Å²) in [6.45, 7) is 4.84. The van der Waals surface area contributed by atoms with Crippen LogP contribution in [0.1, 0.15) is 60.8 Å². The van der Waals surface area contributed by atoms with Crippen LogP contribution in [0.4, 0.5) is 5.82 Å². The van der Waals surface area contributed by atoms with Crippen LogP contribution in [0.15, 0.2) is 24.5 Å². The van der Waals surface area contributed by atoms with E-state index < -0.39 is 5.97 Å². The second kappa shape index (κ2) is 8.19. The summed E-state index contributed by atoms with van der Waals surface area (Å²) in [5.74, 6) is 1.79. The number of pyridine rings is 1. The highest BCUT2D eigenvalue weighted by atomic mass is 16.4. The van der Waals surface area contributed by atoms with Crippen LogP contribution in [0, 0.1) is 18.3 Å². The van der Waals surface area contributed by atoms with Gasteiger partial charge >= 0.3 is 5.97 Å². The lowest BCUT2D eigenvalue weighted by molar-refractivity contribution is -0.145. The fourth-order valence-electron chi connectivity index (χ4n) is 5.72. The van der Waals surface area contributed by atoms with E-state index in [1.807, 2.05) is 6.92 Å². The van der Waals surface area contributed by atoms with Crippen LogP contribution < -0.4 is 5.32 Å². The van der Waals surface area contributed by atoms with Gasteiger partial charge in [0.1, 0.15) is 11.6 Å². The van der Waals surface area contributed by atoms with Crippen molar-refractivity contribution in [2.45, 2.75) is 57.9 Å². The Kier molecular flexibility index (Phi) is 5.38. The van der Waals surface area contributed by atoms with Gasteiger partial charge in [0.15, 0.2) is 0 Å². The number of nitrogens with one attached hydrogen (secondary N) is 1. The van der Waals surface area contributed by atoms with Gasteiger partial charge in [-0.05, 0) is 68.4 Å². The monoisotopic (exact) mass is 421 g/mol. The normalized spacial score (nSPS) is 20.9. The number of aryl methyl sites for hydroxylation is 3. The summed E-state index contributed by atoms with van der Waals surface area (Å²) in [5.41, 5.74) is 3.84. The molecule has 1 saturated carbocycles. The maximum Gasteiger partial charge on any atom is 0.305 e. The number of carboxylic acids is 1. The molecular weight excluding hydrogens is 390 g/mol. The molecule has 1 saturated heterocycles. The summed E-state index contributed by atoms with van der Waals surface area (Å²) < 4.78 is 0. The quantitative estimate of drug-likeness (QED) is 0.708. The fourth-order valence-corrected chi connectivity index (χ4v) is 5.72. The molecular formula is C24H31N5O2. The molecule has 5 rings (SSSR count). The molecule has 1 unspecified atom stereocenters. The SMILES string of the molecule is Cc1ncc(C(CC(=O)O)N2CC3(CC(CCc4ccc5c(n4)NCCC5)C3)C2)cn1. The number of aliphatic carboxylic acids is 1. The summed E-state index contributed by atoms with van der Waals surface area (Å²) in [7, 11) is 0. The van der Waals surface area contributed by atoms with Crippen molar-refractivity contribution in [2.75, 3.05) is 25.0 Å². The Morgan fingerprint density at radius 2 is 2.06 bits per heavy atom. The van der Waals surface area contributed by atoms with Crippen molar-refractivity contribution in [3.05, 3.63) is 47.2 Å². The molecule has 4 heterocycles. The zero-order valence-corrected chi connectivity index (χ0v) is 18.2. The predicted molar refractivity (Wildman–Crippen MR) is 118 cm³/mol. The molecule has 0 radical (unpaired) electrons. The van der Waals surface area contributed by atoms with Crippen LogP contribution >= 0.6 is 0 Å². The van der Waals surface area contributed by atoms with Gasteiger partial charge in [0, 0.05) is 49.3 Å². The van der Waals surface area contributed by atoms with Gasteiger partial charge in [0.25, 0.3) is 0 Å². The number of likely N-dealkylation sites (tertiary alicyclic amines) is 1. The molecule has 1 atom stereocenters. The molecule has 0 aromatic carbocycles. The van der Waals surface area contributed by atoms with Crippen molar-refractivity contribution < 1.29 is 9.90 Å². The Labute approximate surface area is 183 Å². The molecule has 31 heavy (non-hydrogen) atoms. The van der Waals surface area contributed by atoms with Gasteiger partial charge in [-0.15, -0.1) is 0 Å². The number of fused-ring (bicyclic) bond motifs is 1. The lowest BCUT2D eigenvalue weighted by Gasteiger charge is -2.61. The van der Waals surface area contributed by atoms with Crippen LogP contribution in [-0.2, 0) is 17.6 Å². The topological polar surface area (TPSA) is 91.2 Å². The maximum atomic E-state index is 11.4. The summed E-state index contributed by atoms with van der Waals surface area (Å²) in [4.78, 5) is 27.1. The molecule has 164 valence electrons. The number of aromatic nitrogens is 3. The van der Waals surface area contributed by atoms with E-state index in [9.17, 15) is 9.90 Å². The average molecular weight is 422 g/mol. The van der Waals surface area contributed by atoms with E-state index in [0.29, 0.717) is 11.2 Å². The first-order chi connectivity index (χ1) is 15.0. The largest absolute Gasteiger partial charge is 0.481 e. The Balaban J connectivity index is 1.12. The first kappa shape index (κ1) is 20.4. The number of carboxylic acid groups (broad SMARTS) is 1. The smallest absolute Gasteiger partial charge is 0.305 e. The Morgan fingerprint density at radius 3 is 2.81 bits per heavy atom. The van der Waals surface area contributed by atoms with E-state index in [-0.39, 0.29) is 12.5 Å². The van der Waals surface area contributed by atoms with Crippen molar-refractivity contribution in [1.29, 1.82) is 0 Å². The predicted octanol–water partition coefficient (Wildman–Crippen LogP) is 3.40. The zero-order chi connectivity index (χ0) is 21.4. The third-order valence-electron chi connectivity index (χ3n) is 7.28. The van der Waals surface area contributed by atoms with Gasteiger partial charge in [0.2, 0.25) is 0 Å². The van der Waals surface area contributed by atoms with Crippen molar-refractivity contribution in [3.8, 4) is 0 Å². The molecule has 2 N–H and O–H groups in total. The number of nitrogens with zero attached hydrogens (tertiary/aromatic N) is 4. The average Bonchev–Trinajstić information content (AvgIpc) is 2.70. The standard InChI is InChI=1S/C24H31N5O2/c1-16-26-12-19(13-27-16)21(9-22(30)31)29-14-24(15-29)10-17(11-24)4-6-20-7-5-18-3-2-8-25-23(18)28-20/h5,7,12-13,17,21H,2-4,6,8-11,14-15H2,1H3,(H,25,28)(H,30,31). The maximum absolute atomic E-state index is 11.4. The van der Waals surface area contributed by atoms with E-state index >= 15 is 0 Å². The van der Waals surface area contributed by atoms with Gasteiger partial charge in [0.05, 0.1) is 6.42 Å². The third-order valence-corrected chi connectivity index (χ3v) is 7.28. The van der Waals surface area contributed by atoms with E-state index in [4.69, 9.17) is 4.98 Å². The lowest BCUT2D eigenvalue weighted by Crippen LogP contribution is -2.63. The van der Waals surface area contributed by atoms with Crippen molar-refractivity contribution in [3.63, 3.8) is 0 Å². The first-order valence-corrected chi connectivity index (χ1v) is 11.5. The van der Waals surface area contributed by atoms with Crippen molar-refractivity contribution >= 4 is 11.8 Å². The Bertz CT molecular complexity index is 947. The highest BCUT2D eigenvalue weighted by Gasteiger charge is 2.53. The van der Waals surface area contributed by atoms with Gasteiger partial charge in [-0.1, -0.05) is 6.07 Å². The summed E-state index contributed by atoms with van der Waals surface area (Å²) >= 11 is 0. The summed E-state index contributed by atoms with van der Waals surface area (Å²) in [6, 6.07) is 4.31. The highest BCUT2D eigenvalue weighted by Crippen LogP contribution is 2.55. The second-order valence-electron chi connectivity index (χ2n) is 9.74. The van der Waals surface area contributed by atoms with Gasteiger partial charge in [-0.25, -0.2) is 15.0 Å². The molecule has 2 aromatic rings. The number of hydrogen-bond donors (Lipinski definition) is 2. The van der Waals surface area contributed by atoms with Gasteiger partial charge in [-0.2, -0.15) is 0 Å². The van der Waals surface area contributed by atoms with Crippen LogP contribution in [0.2, 0.25) is 0 Å².